The number of carbonyl (C=O) groups excluding carboxylic acids is 1. The van der Waals surface area contributed by atoms with Crippen molar-refractivity contribution in [2.75, 3.05) is 39.3 Å². The second-order valence-corrected chi connectivity index (χ2v) is 10.2. The summed E-state index contributed by atoms with van der Waals surface area (Å²) in [6.45, 7) is 4.24. The number of nitrogens with zero attached hydrogens (tertiary/aromatic N) is 3. The van der Waals surface area contributed by atoms with E-state index in [2.05, 4.69) is 14.6 Å². The van der Waals surface area contributed by atoms with Gasteiger partial charge in [0.2, 0.25) is 10.0 Å². The molecule has 0 bridgehead atoms. The molecule has 1 atom stereocenters. The molecule has 1 aromatic carbocycles. The number of ether oxygens (including phenoxy) is 1. The Labute approximate surface area is 193 Å². The number of amides is 1. The number of sulfonamides is 1. The van der Waals surface area contributed by atoms with Gasteiger partial charge in [0.15, 0.2) is 0 Å². The molecule has 1 aromatic heterocycles. The minimum Gasteiger partial charge on any atom is -0.377 e. The van der Waals surface area contributed by atoms with E-state index in [1.807, 2.05) is 18.3 Å². The second kappa shape index (κ2) is 10.3. The minimum absolute atomic E-state index is 0.0850. The van der Waals surface area contributed by atoms with Gasteiger partial charge in [0.1, 0.15) is 4.90 Å². The van der Waals surface area contributed by atoms with Gasteiger partial charge < -0.3 is 9.64 Å². The van der Waals surface area contributed by atoms with Crippen LogP contribution in [0.3, 0.4) is 0 Å². The number of halogens is 1. The molecule has 2 saturated heterocycles. The molecule has 2 aliphatic rings. The summed E-state index contributed by atoms with van der Waals surface area (Å²) in [5.74, 6) is -0.196. The molecule has 0 spiro atoms. The third kappa shape index (κ3) is 5.65. The normalized spacial score (nSPS) is 19.9. The van der Waals surface area contributed by atoms with Crippen molar-refractivity contribution in [2.45, 2.75) is 30.4 Å². The standard InChI is InChI=1S/C22H27ClN4O4S/c23-20-6-5-18(13-21(20)32(29,30)25-15-19-4-2-12-31-19)22(28)27-10-8-26(9-11-27)16-17-3-1-7-24-14-17/h1,3,5-7,13-14,19,25H,2,4,8-12,15-16H2. The van der Waals surface area contributed by atoms with Crippen molar-refractivity contribution in [3.63, 3.8) is 0 Å². The zero-order valence-corrected chi connectivity index (χ0v) is 19.3. The van der Waals surface area contributed by atoms with Crippen LogP contribution < -0.4 is 4.72 Å². The first-order valence-electron chi connectivity index (χ1n) is 10.7. The second-order valence-electron chi connectivity index (χ2n) is 8.06. The summed E-state index contributed by atoms with van der Waals surface area (Å²) in [6.07, 6.45) is 5.21. The van der Waals surface area contributed by atoms with E-state index in [0.29, 0.717) is 25.3 Å². The van der Waals surface area contributed by atoms with E-state index in [4.69, 9.17) is 16.3 Å². The molecule has 8 nitrogen and oxygen atoms in total. The van der Waals surface area contributed by atoms with Crippen molar-refractivity contribution < 1.29 is 17.9 Å². The number of carbonyl (C=O) groups is 1. The van der Waals surface area contributed by atoms with Crippen LogP contribution in [-0.4, -0.2) is 74.5 Å². The van der Waals surface area contributed by atoms with Gasteiger partial charge in [-0.3, -0.25) is 14.7 Å². The molecule has 2 fully saturated rings. The zero-order chi connectivity index (χ0) is 22.6. The Hall–Kier alpha value is -2.04. The van der Waals surface area contributed by atoms with Gasteiger partial charge in [-0.25, -0.2) is 13.1 Å². The van der Waals surface area contributed by atoms with Gasteiger partial charge in [-0.05, 0) is 42.7 Å². The van der Waals surface area contributed by atoms with Crippen LogP contribution >= 0.6 is 11.6 Å². The summed E-state index contributed by atoms with van der Waals surface area (Å²) in [5.41, 5.74) is 1.45. The predicted octanol–water partition coefficient (Wildman–Crippen LogP) is 2.15. The van der Waals surface area contributed by atoms with Gasteiger partial charge >= 0.3 is 0 Å². The molecule has 172 valence electrons. The number of hydrogen-bond acceptors (Lipinski definition) is 6. The van der Waals surface area contributed by atoms with E-state index < -0.39 is 10.0 Å². The number of hydrogen-bond donors (Lipinski definition) is 1. The summed E-state index contributed by atoms with van der Waals surface area (Å²) in [7, 11) is -3.86. The Morgan fingerprint density at radius 2 is 2.03 bits per heavy atom. The van der Waals surface area contributed by atoms with E-state index in [0.717, 1.165) is 38.0 Å². The van der Waals surface area contributed by atoms with E-state index >= 15 is 0 Å². The van der Waals surface area contributed by atoms with E-state index in [-0.39, 0.29) is 28.5 Å². The van der Waals surface area contributed by atoms with E-state index in [9.17, 15) is 13.2 Å². The van der Waals surface area contributed by atoms with Gasteiger partial charge in [-0.15, -0.1) is 0 Å². The molecule has 1 unspecified atom stereocenters. The summed E-state index contributed by atoms with van der Waals surface area (Å²) in [6, 6.07) is 8.36. The molecule has 0 radical (unpaired) electrons. The summed E-state index contributed by atoms with van der Waals surface area (Å²) >= 11 is 6.18. The highest BCUT2D eigenvalue weighted by atomic mass is 35.5. The summed E-state index contributed by atoms with van der Waals surface area (Å²) < 4.78 is 33.6. The van der Waals surface area contributed by atoms with Gasteiger partial charge in [-0.2, -0.15) is 0 Å². The third-order valence-corrected chi connectivity index (χ3v) is 7.69. The molecule has 2 aliphatic heterocycles. The quantitative estimate of drug-likeness (QED) is 0.655. The van der Waals surface area contributed by atoms with Gasteiger partial charge in [-0.1, -0.05) is 17.7 Å². The van der Waals surface area contributed by atoms with Crippen molar-refractivity contribution in [3.05, 3.63) is 58.9 Å². The lowest BCUT2D eigenvalue weighted by molar-refractivity contribution is 0.0628. The smallest absolute Gasteiger partial charge is 0.253 e. The van der Waals surface area contributed by atoms with Crippen LogP contribution in [0.4, 0.5) is 0 Å². The number of aromatic nitrogens is 1. The van der Waals surface area contributed by atoms with Gasteiger partial charge in [0.05, 0.1) is 11.1 Å². The maximum Gasteiger partial charge on any atom is 0.253 e. The Bertz CT molecular complexity index is 1040. The SMILES string of the molecule is O=C(c1ccc(Cl)c(S(=O)(=O)NCC2CCCO2)c1)N1CCN(Cc2cccnc2)CC1. The first-order chi connectivity index (χ1) is 15.4. The lowest BCUT2D eigenvalue weighted by Gasteiger charge is -2.34. The van der Waals surface area contributed by atoms with Crippen molar-refractivity contribution in [1.29, 1.82) is 0 Å². The highest BCUT2D eigenvalue weighted by Crippen LogP contribution is 2.24. The number of nitrogens with one attached hydrogen (secondary N) is 1. The molecule has 1 amide bonds. The van der Waals surface area contributed by atoms with Crippen LogP contribution in [-0.2, 0) is 21.3 Å². The van der Waals surface area contributed by atoms with Crippen molar-refractivity contribution in [3.8, 4) is 0 Å². The number of piperazine rings is 1. The van der Waals surface area contributed by atoms with E-state index in [1.54, 1.807) is 17.2 Å². The molecular weight excluding hydrogens is 452 g/mol. The third-order valence-electron chi connectivity index (χ3n) is 5.78. The molecule has 3 heterocycles. The highest BCUT2D eigenvalue weighted by Gasteiger charge is 2.26. The van der Waals surface area contributed by atoms with Crippen molar-refractivity contribution in [2.24, 2.45) is 0 Å². The van der Waals surface area contributed by atoms with Crippen molar-refractivity contribution >= 4 is 27.5 Å². The first-order valence-corrected chi connectivity index (χ1v) is 12.6. The maximum absolute atomic E-state index is 13.0. The largest absolute Gasteiger partial charge is 0.377 e. The molecule has 2 aromatic rings. The Balaban J connectivity index is 1.38. The fourth-order valence-corrected chi connectivity index (χ4v) is 5.56. The molecule has 32 heavy (non-hydrogen) atoms. The van der Waals surface area contributed by atoms with Gasteiger partial charge in [0.25, 0.3) is 5.91 Å². The maximum atomic E-state index is 13.0. The number of benzene rings is 1. The highest BCUT2D eigenvalue weighted by molar-refractivity contribution is 7.89. The fraction of sp³-hybridized carbons (Fsp3) is 0.455. The fourth-order valence-electron chi connectivity index (χ4n) is 3.97. The first kappa shape index (κ1) is 23.1. The Morgan fingerprint density at radius 3 is 2.72 bits per heavy atom. The minimum atomic E-state index is -3.86. The average Bonchev–Trinajstić information content (AvgIpc) is 3.33. The molecule has 1 N–H and O–H groups in total. The van der Waals surface area contributed by atoms with Crippen LogP contribution in [0.25, 0.3) is 0 Å². The summed E-state index contributed by atoms with van der Waals surface area (Å²) in [4.78, 5) is 21.1. The number of rotatable bonds is 7. The topological polar surface area (TPSA) is 91.8 Å². The average molecular weight is 479 g/mol. The molecule has 0 saturated carbocycles. The van der Waals surface area contributed by atoms with Crippen molar-refractivity contribution in [1.82, 2.24) is 19.5 Å². The van der Waals surface area contributed by atoms with Crippen LogP contribution in [0.1, 0.15) is 28.8 Å². The van der Waals surface area contributed by atoms with E-state index in [1.165, 1.54) is 12.1 Å². The van der Waals surface area contributed by atoms with Crippen LogP contribution in [0.2, 0.25) is 5.02 Å². The van der Waals surface area contributed by atoms with Crippen LogP contribution in [0, 0.1) is 0 Å². The molecule has 4 rings (SSSR count). The summed E-state index contributed by atoms with van der Waals surface area (Å²) in [5, 5.41) is 0.0858. The zero-order valence-electron chi connectivity index (χ0n) is 17.7. The lowest BCUT2D eigenvalue weighted by Crippen LogP contribution is -2.48. The van der Waals surface area contributed by atoms with Crippen LogP contribution in [0.5, 0.6) is 0 Å². The van der Waals surface area contributed by atoms with Crippen LogP contribution in [0.15, 0.2) is 47.6 Å². The predicted molar refractivity (Wildman–Crippen MR) is 121 cm³/mol. The molecule has 10 heteroatoms. The molecule has 0 aliphatic carbocycles. The Kier molecular flexibility index (Phi) is 7.42. The Morgan fingerprint density at radius 1 is 1.22 bits per heavy atom. The lowest BCUT2D eigenvalue weighted by atomic mass is 10.1. The molecular formula is C22H27ClN4O4S. The van der Waals surface area contributed by atoms with Gasteiger partial charge in [0, 0.05) is 63.8 Å². The number of pyridine rings is 1. The monoisotopic (exact) mass is 478 g/mol.